The molecule has 1 aliphatic carbocycles. The number of imidazole rings is 1. The van der Waals surface area contributed by atoms with Crippen LogP contribution in [0.15, 0.2) is 67.0 Å². The molecule has 3 aromatic rings. The number of piperazine rings is 1. The summed E-state index contributed by atoms with van der Waals surface area (Å²) in [5.74, 6) is -0.204. The first-order chi connectivity index (χ1) is 18.4. The molecule has 0 spiro atoms. The lowest BCUT2D eigenvalue weighted by Crippen LogP contribution is -2.57. The summed E-state index contributed by atoms with van der Waals surface area (Å²) in [5.41, 5.74) is 2.13. The maximum absolute atomic E-state index is 14.2. The number of rotatable bonds is 6. The molecule has 2 heterocycles. The van der Waals surface area contributed by atoms with E-state index in [0.29, 0.717) is 30.8 Å². The fourth-order valence-corrected chi connectivity index (χ4v) is 6.14. The van der Waals surface area contributed by atoms with E-state index < -0.39 is 11.7 Å². The van der Waals surface area contributed by atoms with Crippen molar-refractivity contribution in [3.05, 3.63) is 78.2 Å². The van der Waals surface area contributed by atoms with Gasteiger partial charge in [0.1, 0.15) is 0 Å². The molecule has 0 bridgehead atoms. The van der Waals surface area contributed by atoms with Gasteiger partial charge in [0.15, 0.2) is 5.69 Å². The molecule has 1 saturated heterocycles. The van der Waals surface area contributed by atoms with Crippen LogP contribution in [0.2, 0.25) is 0 Å². The molecular weight excluding hydrogens is 480 g/mol. The van der Waals surface area contributed by atoms with Crippen molar-refractivity contribution in [2.45, 2.75) is 63.1 Å². The van der Waals surface area contributed by atoms with Crippen LogP contribution >= 0.6 is 0 Å². The maximum Gasteiger partial charge on any atom is 0.407 e. The van der Waals surface area contributed by atoms with Crippen LogP contribution in [-0.2, 0) is 6.42 Å². The lowest BCUT2D eigenvalue weighted by Gasteiger charge is -2.41. The molecule has 1 saturated carbocycles. The lowest BCUT2D eigenvalue weighted by atomic mass is 9.78. The molecule has 1 aromatic heterocycles. The van der Waals surface area contributed by atoms with Gasteiger partial charge >= 0.3 is 6.09 Å². The Labute approximate surface area is 223 Å². The molecule has 38 heavy (non-hydrogen) atoms. The summed E-state index contributed by atoms with van der Waals surface area (Å²) < 4.78 is 2.02. The molecule has 3 atom stereocenters. The molecule has 2 amide bonds. The molecule has 8 heteroatoms. The van der Waals surface area contributed by atoms with Gasteiger partial charge in [-0.2, -0.15) is 0 Å². The van der Waals surface area contributed by atoms with Crippen LogP contribution in [0.3, 0.4) is 0 Å². The Balaban J connectivity index is 1.54. The van der Waals surface area contributed by atoms with Gasteiger partial charge in [0, 0.05) is 25.2 Å². The Kier molecular flexibility index (Phi) is 7.51. The van der Waals surface area contributed by atoms with Crippen LogP contribution < -0.4 is 0 Å². The number of hydrogen-bond acceptors (Lipinski definition) is 4. The minimum absolute atomic E-state index is 0.172. The second kappa shape index (κ2) is 11.0. The third kappa shape index (κ3) is 5.05. The first-order valence-corrected chi connectivity index (χ1v) is 13.6. The van der Waals surface area contributed by atoms with E-state index in [0.717, 1.165) is 36.8 Å². The number of carbonyl (C=O) groups is 2. The van der Waals surface area contributed by atoms with Gasteiger partial charge in [-0.15, -0.1) is 0 Å². The highest BCUT2D eigenvalue weighted by Crippen LogP contribution is 2.42. The molecular formula is C30H36N4O4. The summed E-state index contributed by atoms with van der Waals surface area (Å²) in [5, 5.41) is 21.2. The Bertz CT molecular complexity index is 1260. The number of nitrogens with zero attached hydrogens (tertiary/aromatic N) is 4. The van der Waals surface area contributed by atoms with Gasteiger partial charge in [0.2, 0.25) is 0 Å². The highest BCUT2D eigenvalue weighted by atomic mass is 16.4. The van der Waals surface area contributed by atoms with Crippen molar-refractivity contribution in [3.8, 4) is 11.3 Å². The van der Waals surface area contributed by atoms with Crippen molar-refractivity contribution in [3.63, 3.8) is 0 Å². The van der Waals surface area contributed by atoms with Gasteiger partial charge in [0.25, 0.3) is 5.91 Å². The predicted molar refractivity (Wildman–Crippen MR) is 145 cm³/mol. The fourth-order valence-electron chi connectivity index (χ4n) is 6.14. The zero-order chi connectivity index (χ0) is 26.7. The Morgan fingerprint density at radius 3 is 2.42 bits per heavy atom. The van der Waals surface area contributed by atoms with Gasteiger partial charge in [-0.25, -0.2) is 9.78 Å². The third-order valence-corrected chi connectivity index (χ3v) is 8.28. The first kappa shape index (κ1) is 26.0. The smallest absolute Gasteiger partial charge is 0.407 e. The van der Waals surface area contributed by atoms with Crippen molar-refractivity contribution in [2.24, 2.45) is 0 Å². The second-order valence-electron chi connectivity index (χ2n) is 10.5. The molecule has 2 fully saturated rings. The second-order valence-corrected chi connectivity index (χ2v) is 10.5. The zero-order valence-corrected chi connectivity index (χ0v) is 21.9. The standard InChI is InChI=1S/C30H36N4O4/c1-2-30(38)16-10-9-15-25(30)34-21-31-26(27(34)23-13-7-4-8-14-23)28(35)33-18-17-32(29(36)37)20-24(33)19-22-11-5-3-6-12-22/h3-8,11-14,21,24-25,38H,2,9-10,15-20H2,1H3,(H,36,37)/t24-,25?,30?/m1/s1. The van der Waals surface area contributed by atoms with Crippen LogP contribution in [-0.4, -0.2) is 72.8 Å². The molecule has 2 unspecified atom stereocenters. The van der Waals surface area contributed by atoms with E-state index >= 15 is 0 Å². The van der Waals surface area contributed by atoms with Crippen LogP contribution in [0.4, 0.5) is 4.79 Å². The molecule has 2 aromatic carbocycles. The molecule has 0 radical (unpaired) electrons. The number of hydrogen-bond donors (Lipinski definition) is 2. The zero-order valence-electron chi connectivity index (χ0n) is 21.9. The van der Waals surface area contributed by atoms with Crippen molar-refractivity contribution in [1.29, 1.82) is 0 Å². The fraction of sp³-hybridized carbons (Fsp3) is 0.433. The number of benzene rings is 2. The molecule has 8 nitrogen and oxygen atoms in total. The van der Waals surface area contributed by atoms with E-state index in [2.05, 4.69) is 4.98 Å². The molecule has 200 valence electrons. The molecule has 1 aliphatic heterocycles. The van der Waals surface area contributed by atoms with Crippen molar-refractivity contribution < 1.29 is 19.8 Å². The quantitative estimate of drug-likeness (QED) is 0.488. The topological polar surface area (TPSA) is 98.9 Å². The van der Waals surface area contributed by atoms with Gasteiger partial charge in [0.05, 0.1) is 29.7 Å². The van der Waals surface area contributed by atoms with E-state index in [-0.39, 0.29) is 31.1 Å². The summed E-state index contributed by atoms with van der Waals surface area (Å²) in [6, 6.07) is 19.1. The van der Waals surface area contributed by atoms with Gasteiger partial charge in [-0.1, -0.05) is 80.4 Å². The van der Waals surface area contributed by atoms with Crippen LogP contribution in [0.25, 0.3) is 11.3 Å². The Morgan fingerprint density at radius 1 is 1.03 bits per heavy atom. The first-order valence-electron chi connectivity index (χ1n) is 13.6. The SMILES string of the molecule is CCC1(O)CCCCC1n1cnc(C(=O)N2CCN(C(=O)O)C[C@H]2Cc2ccccc2)c1-c1ccccc1. The molecule has 5 rings (SSSR count). The normalized spacial score (nSPS) is 23.8. The van der Waals surface area contributed by atoms with E-state index in [1.54, 1.807) is 11.2 Å². The Hall–Kier alpha value is -3.65. The van der Waals surface area contributed by atoms with E-state index in [1.807, 2.05) is 72.2 Å². The maximum atomic E-state index is 14.2. The number of amides is 2. The third-order valence-electron chi connectivity index (χ3n) is 8.28. The molecule has 2 N–H and O–H groups in total. The minimum atomic E-state index is -0.972. The summed E-state index contributed by atoms with van der Waals surface area (Å²) in [4.78, 5) is 33.9. The van der Waals surface area contributed by atoms with E-state index in [9.17, 15) is 19.8 Å². The number of aromatic nitrogens is 2. The van der Waals surface area contributed by atoms with Crippen molar-refractivity contribution in [1.82, 2.24) is 19.4 Å². The highest BCUT2D eigenvalue weighted by molar-refractivity contribution is 5.98. The lowest BCUT2D eigenvalue weighted by molar-refractivity contribution is -0.0439. The molecule has 2 aliphatic rings. The highest BCUT2D eigenvalue weighted by Gasteiger charge is 2.41. The number of carbonyl (C=O) groups excluding carboxylic acids is 1. The predicted octanol–water partition coefficient (Wildman–Crippen LogP) is 4.85. The monoisotopic (exact) mass is 516 g/mol. The summed E-state index contributed by atoms with van der Waals surface area (Å²) in [7, 11) is 0. The van der Waals surface area contributed by atoms with E-state index in [4.69, 9.17) is 0 Å². The average Bonchev–Trinajstić information content (AvgIpc) is 3.38. The van der Waals surface area contributed by atoms with Gasteiger partial charge < -0.3 is 24.6 Å². The summed E-state index contributed by atoms with van der Waals surface area (Å²) in [6.07, 6.45) is 5.46. The largest absolute Gasteiger partial charge is 0.465 e. The minimum Gasteiger partial charge on any atom is -0.465 e. The number of aliphatic hydroxyl groups is 1. The van der Waals surface area contributed by atoms with Crippen molar-refractivity contribution >= 4 is 12.0 Å². The van der Waals surface area contributed by atoms with Crippen LogP contribution in [0.5, 0.6) is 0 Å². The van der Waals surface area contributed by atoms with Gasteiger partial charge in [-0.05, 0) is 31.2 Å². The van der Waals surface area contributed by atoms with Crippen LogP contribution in [0.1, 0.15) is 61.1 Å². The Morgan fingerprint density at radius 2 is 1.74 bits per heavy atom. The van der Waals surface area contributed by atoms with Gasteiger partial charge in [-0.3, -0.25) is 4.79 Å². The average molecular weight is 517 g/mol. The van der Waals surface area contributed by atoms with Crippen molar-refractivity contribution in [2.75, 3.05) is 19.6 Å². The van der Waals surface area contributed by atoms with E-state index in [1.165, 1.54) is 4.90 Å². The number of carboxylic acid groups (broad SMARTS) is 1. The summed E-state index contributed by atoms with van der Waals surface area (Å²) in [6.45, 7) is 2.81. The summed E-state index contributed by atoms with van der Waals surface area (Å²) >= 11 is 0. The van der Waals surface area contributed by atoms with Crippen LogP contribution in [0, 0.1) is 0 Å².